The summed E-state index contributed by atoms with van der Waals surface area (Å²) in [5, 5.41) is 3.29. The van der Waals surface area contributed by atoms with Crippen molar-refractivity contribution < 1.29 is 9.47 Å². The number of hydrogen-bond donors (Lipinski definition) is 1. The molecule has 112 valence electrons. The molecule has 2 aromatic rings. The molecule has 21 heavy (non-hydrogen) atoms. The van der Waals surface area contributed by atoms with Gasteiger partial charge in [0.2, 0.25) is 5.88 Å². The third-order valence-electron chi connectivity index (χ3n) is 2.75. The maximum atomic E-state index is 5.90. The van der Waals surface area contributed by atoms with E-state index < -0.39 is 0 Å². The molecule has 0 saturated heterocycles. The molecule has 0 amide bonds. The van der Waals surface area contributed by atoms with Gasteiger partial charge in [-0.15, -0.1) is 0 Å². The van der Waals surface area contributed by atoms with Crippen LogP contribution in [0.1, 0.15) is 5.56 Å². The second kappa shape index (κ2) is 8.48. The van der Waals surface area contributed by atoms with Crippen molar-refractivity contribution in [2.45, 2.75) is 6.54 Å². The SMILES string of the molecule is COCCNCc1cccnc1Oc1ccc(Br)cc1Br. The minimum atomic E-state index is 0.602. The highest BCUT2D eigenvalue weighted by Gasteiger charge is 2.08. The predicted molar refractivity (Wildman–Crippen MR) is 89.7 cm³/mol. The highest BCUT2D eigenvalue weighted by molar-refractivity contribution is 9.11. The van der Waals surface area contributed by atoms with Crippen molar-refractivity contribution in [1.82, 2.24) is 10.3 Å². The van der Waals surface area contributed by atoms with Crippen LogP contribution in [0.4, 0.5) is 0 Å². The van der Waals surface area contributed by atoms with Gasteiger partial charge in [-0.3, -0.25) is 0 Å². The number of benzene rings is 1. The van der Waals surface area contributed by atoms with Gasteiger partial charge in [0.05, 0.1) is 11.1 Å². The van der Waals surface area contributed by atoms with E-state index in [1.165, 1.54) is 0 Å². The van der Waals surface area contributed by atoms with Gasteiger partial charge in [0.1, 0.15) is 5.75 Å². The summed E-state index contributed by atoms with van der Waals surface area (Å²) < 4.78 is 12.8. The quantitative estimate of drug-likeness (QED) is 0.690. The summed E-state index contributed by atoms with van der Waals surface area (Å²) in [6.45, 7) is 2.14. The molecule has 2 rings (SSSR count). The fraction of sp³-hybridized carbons (Fsp3) is 0.267. The lowest BCUT2D eigenvalue weighted by Gasteiger charge is -2.12. The molecule has 0 radical (unpaired) electrons. The summed E-state index contributed by atoms with van der Waals surface area (Å²) in [5.41, 5.74) is 1.00. The van der Waals surface area contributed by atoms with Crippen LogP contribution < -0.4 is 10.1 Å². The van der Waals surface area contributed by atoms with Crippen molar-refractivity contribution in [3.63, 3.8) is 0 Å². The molecule has 0 spiro atoms. The first-order chi connectivity index (χ1) is 10.2. The van der Waals surface area contributed by atoms with E-state index in [4.69, 9.17) is 9.47 Å². The van der Waals surface area contributed by atoms with Crippen LogP contribution in [-0.4, -0.2) is 25.2 Å². The van der Waals surface area contributed by atoms with E-state index in [9.17, 15) is 0 Å². The fourth-order valence-electron chi connectivity index (χ4n) is 1.71. The van der Waals surface area contributed by atoms with Crippen LogP contribution in [0.5, 0.6) is 11.6 Å². The van der Waals surface area contributed by atoms with Crippen molar-refractivity contribution in [1.29, 1.82) is 0 Å². The Morgan fingerprint density at radius 1 is 1.24 bits per heavy atom. The van der Waals surface area contributed by atoms with E-state index in [0.717, 1.165) is 26.8 Å². The van der Waals surface area contributed by atoms with Crippen LogP contribution in [0.25, 0.3) is 0 Å². The molecule has 0 fully saturated rings. The zero-order valence-electron chi connectivity index (χ0n) is 11.6. The number of hydrogen-bond acceptors (Lipinski definition) is 4. The molecule has 0 bridgehead atoms. The summed E-state index contributed by atoms with van der Waals surface area (Å²) in [7, 11) is 1.69. The van der Waals surface area contributed by atoms with Gasteiger partial charge < -0.3 is 14.8 Å². The molecular formula is C15H16Br2N2O2. The lowest BCUT2D eigenvalue weighted by molar-refractivity contribution is 0.199. The Morgan fingerprint density at radius 3 is 2.86 bits per heavy atom. The summed E-state index contributed by atoms with van der Waals surface area (Å²) in [5.74, 6) is 1.33. The van der Waals surface area contributed by atoms with Crippen LogP contribution in [0.3, 0.4) is 0 Å². The zero-order chi connectivity index (χ0) is 15.1. The largest absolute Gasteiger partial charge is 0.438 e. The van der Waals surface area contributed by atoms with E-state index in [2.05, 4.69) is 42.2 Å². The highest BCUT2D eigenvalue weighted by Crippen LogP contribution is 2.32. The Hall–Kier alpha value is -0.950. The molecule has 0 atom stereocenters. The molecular weight excluding hydrogens is 400 g/mol. The molecule has 1 heterocycles. The summed E-state index contributed by atoms with van der Waals surface area (Å²) in [6.07, 6.45) is 1.72. The first-order valence-electron chi connectivity index (χ1n) is 6.47. The maximum absolute atomic E-state index is 5.90. The third kappa shape index (κ3) is 5.07. The molecule has 0 aliphatic rings. The van der Waals surface area contributed by atoms with Gasteiger partial charge in [-0.05, 0) is 40.2 Å². The highest BCUT2D eigenvalue weighted by atomic mass is 79.9. The van der Waals surface area contributed by atoms with Crippen LogP contribution in [-0.2, 0) is 11.3 Å². The van der Waals surface area contributed by atoms with Gasteiger partial charge in [-0.2, -0.15) is 0 Å². The summed E-state index contributed by atoms with van der Waals surface area (Å²) in [4.78, 5) is 4.31. The Kier molecular flexibility index (Phi) is 6.63. The monoisotopic (exact) mass is 414 g/mol. The lowest BCUT2D eigenvalue weighted by Crippen LogP contribution is -2.19. The lowest BCUT2D eigenvalue weighted by atomic mass is 10.2. The van der Waals surface area contributed by atoms with Gasteiger partial charge in [0.15, 0.2) is 0 Å². The molecule has 0 aliphatic carbocycles. The van der Waals surface area contributed by atoms with Crippen molar-refractivity contribution in [2.75, 3.05) is 20.3 Å². The van der Waals surface area contributed by atoms with Gasteiger partial charge in [0, 0.05) is 36.4 Å². The fourth-order valence-corrected chi connectivity index (χ4v) is 2.84. The summed E-state index contributed by atoms with van der Waals surface area (Å²) >= 11 is 6.91. The second-order valence-corrected chi connectivity index (χ2v) is 6.08. The Labute approximate surface area is 141 Å². The van der Waals surface area contributed by atoms with E-state index in [0.29, 0.717) is 19.0 Å². The number of nitrogens with one attached hydrogen (secondary N) is 1. The summed E-state index contributed by atoms with van der Waals surface area (Å²) in [6, 6.07) is 9.66. The average Bonchev–Trinajstić information content (AvgIpc) is 2.48. The zero-order valence-corrected chi connectivity index (χ0v) is 14.8. The Bertz CT molecular complexity index is 594. The number of halogens is 2. The third-order valence-corrected chi connectivity index (χ3v) is 3.86. The van der Waals surface area contributed by atoms with Crippen molar-refractivity contribution in [2.24, 2.45) is 0 Å². The van der Waals surface area contributed by atoms with Crippen LogP contribution in [0.2, 0.25) is 0 Å². The molecule has 6 heteroatoms. The smallest absolute Gasteiger partial charge is 0.223 e. The number of aromatic nitrogens is 1. The molecule has 1 aromatic heterocycles. The minimum Gasteiger partial charge on any atom is -0.438 e. The molecule has 0 aliphatic heterocycles. The minimum absolute atomic E-state index is 0.602. The van der Waals surface area contributed by atoms with Gasteiger partial charge in [-0.25, -0.2) is 4.98 Å². The molecule has 0 unspecified atom stereocenters. The predicted octanol–water partition coefficient (Wildman–Crippen LogP) is 4.13. The maximum Gasteiger partial charge on any atom is 0.223 e. The molecule has 0 saturated carbocycles. The van der Waals surface area contributed by atoms with Crippen LogP contribution in [0.15, 0.2) is 45.5 Å². The Balaban J connectivity index is 2.08. The number of methoxy groups -OCH3 is 1. The normalized spacial score (nSPS) is 10.6. The molecule has 4 nitrogen and oxygen atoms in total. The number of rotatable bonds is 7. The van der Waals surface area contributed by atoms with Crippen molar-refractivity contribution >= 4 is 31.9 Å². The van der Waals surface area contributed by atoms with E-state index in [-0.39, 0.29) is 0 Å². The first-order valence-corrected chi connectivity index (χ1v) is 8.05. The molecule has 1 aromatic carbocycles. The van der Waals surface area contributed by atoms with E-state index in [1.54, 1.807) is 13.3 Å². The molecule has 1 N–H and O–H groups in total. The van der Waals surface area contributed by atoms with Crippen LogP contribution >= 0.6 is 31.9 Å². The Morgan fingerprint density at radius 2 is 2.10 bits per heavy atom. The van der Waals surface area contributed by atoms with Crippen molar-refractivity contribution in [3.8, 4) is 11.6 Å². The first kappa shape index (κ1) is 16.4. The number of ether oxygens (including phenoxy) is 2. The van der Waals surface area contributed by atoms with Crippen molar-refractivity contribution in [3.05, 3.63) is 51.0 Å². The number of pyridine rings is 1. The van der Waals surface area contributed by atoms with E-state index in [1.807, 2.05) is 30.3 Å². The van der Waals surface area contributed by atoms with Crippen LogP contribution in [0, 0.1) is 0 Å². The van der Waals surface area contributed by atoms with Gasteiger partial charge in [-0.1, -0.05) is 22.0 Å². The van der Waals surface area contributed by atoms with E-state index >= 15 is 0 Å². The average molecular weight is 416 g/mol. The standard InChI is InChI=1S/C15H16Br2N2O2/c1-20-8-7-18-10-11-3-2-6-19-15(11)21-14-5-4-12(16)9-13(14)17/h2-6,9,18H,7-8,10H2,1H3. The topological polar surface area (TPSA) is 43.4 Å². The van der Waals surface area contributed by atoms with Gasteiger partial charge >= 0.3 is 0 Å². The number of nitrogens with zero attached hydrogens (tertiary/aromatic N) is 1. The van der Waals surface area contributed by atoms with Gasteiger partial charge in [0.25, 0.3) is 0 Å². The second-order valence-electron chi connectivity index (χ2n) is 4.31.